The molecule has 120 valence electrons. The van der Waals surface area contributed by atoms with Gasteiger partial charge in [0.2, 0.25) is 11.8 Å². The van der Waals surface area contributed by atoms with Crippen LogP contribution in [0.3, 0.4) is 0 Å². The van der Waals surface area contributed by atoms with E-state index < -0.39 is 0 Å². The fourth-order valence-corrected chi connectivity index (χ4v) is 3.32. The molecular weight excluding hydrogens is 358 g/mol. The van der Waals surface area contributed by atoms with Gasteiger partial charge in [-0.1, -0.05) is 22.5 Å². The van der Waals surface area contributed by atoms with Crippen molar-refractivity contribution in [2.24, 2.45) is 0 Å². The summed E-state index contributed by atoms with van der Waals surface area (Å²) in [6, 6.07) is 6.15. The molecule has 0 atom stereocenters. The Morgan fingerprint density at radius 3 is 3.00 bits per heavy atom. The van der Waals surface area contributed by atoms with E-state index in [4.69, 9.17) is 0 Å². The van der Waals surface area contributed by atoms with E-state index in [2.05, 4.69) is 33.6 Å². The van der Waals surface area contributed by atoms with Crippen molar-refractivity contribution >= 4 is 38.6 Å². The quantitative estimate of drug-likeness (QED) is 0.837. The van der Waals surface area contributed by atoms with Crippen LogP contribution in [0.15, 0.2) is 35.3 Å². The third-order valence-electron chi connectivity index (χ3n) is 4.21. The summed E-state index contributed by atoms with van der Waals surface area (Å²) in [6.45, 7) is 4.73. The number of carbonyl (C=O) groups excluding carboxylic acids is 2. The van der Waals surface area contributed by atoms with Gasteiger partial charge in [0.15, 0.2) is 0 Å². The lowest BCUT2D eigenvalue weighted by Crippen LogP contribution is -2.42. The maximum Gasteiger partial charge on any atom is 0.246 e. The second-order valence-corrected chi connectivity index (χ2v) is 6.65. The van der Waals surface area contributed by atoms with E-state index in [1.165, 1.54) is 21.9 Å². The molecule has 1 aliphatic rings. The summed E-state index contributed by atoms with van der Waals surface area (Å²) in [5.74, 6) is -0.292. The molecule has 0 spiro atoms. The molecule has 2 amide bonds. The molecule has 1 aliphatic heterocycles. The Hall–Kier alpha value is -2.08. The Morgan fingerprint density at radius 1 is 1.48 bits per heavy atom. The number of carbonyl (C=O) groups is 2. The van der Waals surface area contributed by atoms with Crippen molar-refractivity contribution in [1.29, 1.82) is 0 Å². The second kappa shape index (κ2) is 6.20. The number of H-pyrrole nitrogens is 1. The average Bonchev–Trinajstić information content (AvgIpc) is 2.90. The van der Waals surface area contributed by atoms with Gasteiger partial charge in [0.25, 0.3) is 0 Å². The van der Waals surface area contributed by atoms with Gasteiger partial charge in [0.05, 0.1) is 13.1 Å². The minimum atomic E-state index is -0.244. The molecule has 2 heterocycles. The first kappa shape index (κ1) is 15.8. The Bertz CT molecular complexity index is 796. The normalized spacial score (nSPS) is 13.7. The van der Waals surface area contributed by atoms with Crippen molar-refractivity contribution in [2.75, 3.05) is 20.1 Å². The van der Waals surface area contributed by atoms with E-state index in [1.807, 2.05) is 12.1 Å². The van der Waals surface area contributed by atoms with Crippen LogP contribution in [-0.4, -0.2) is 46.7 Å². The number of nitrogens with zero attached hydrogens (tertiary/aromatic N) is 2. The molecule has 1 N–H and O–H groups in total. The summed E-state index contributed by atoms with van der Waals surface area (Å²) in [4.78, 5) is 30.5. The zero-order valence-corrected chi connectivity index (χ0v) is 14.5. The number of nitrogens with one attached hydrogen (secondary N) is 1. The molecule has 2 aromatic rings. The molecule has 0 fully saturated rings. The summed E-state index contributed by atoms with van der Waals surface area (Å²) >= 11 is 3.50. The fourth-order valence-electron chi connectivity index (χ4n) is 2.96. The van der Waals surface area contributed by atoms with Crippen LogP contribution in [0.2, 0.25) is 0 Å². The standard InChI is InChI=1S/C17H18BrN3O2/c1-3-16(22)20(2)10-17(23)21-7-6-12-13-8-11(18)4-5-14(13)19-15(12)9-21/h3-5,8,19H,1,6-7,9-10H2,2H3. The van der Waals surface area contributed by atoms with E-state index in [0.717, 1.165) is 22.1 Å². The first-order valence-electron chi connectivity index (χ1n) is 7.44. The minimum Gasteiger partial charge on any atom is -0.357 e. The monoisotopic (exact) mass is 375 g/mol. The molecule has 23 heavy (non-hydrogen) atoms. The lowest BCUT2D eigenvalue weighted by atomic mass is 10.0. The zero-order chi connectivity index (χ0) is 16.6. The van der Waals surface area contributed by atoms with Crippen molar-refractivity contribution in [3.05, 3.63) is 46.6 Å². The molecule has 1 aromatic heterocycles. The summed E-state index contributed by atoms with van der Waals surface area (Å²) < 4.78 is 1.05. The third kappa shape index (κ3) is 3.03. The summed E-state index contributed by atoms with van der Waals surface area (Å²) in [7, 11) is 1.61. The van der Waals surface area contributed by atoms with Crippen LogP contribution in [0.1, 0.15) is 11.3 Å². The van der Waals surface area contributed by atoms with Gasteiger partial charge in [0, 0.05) is 34.7 Å². The van der Waals surface area contributed by atoms with Crippen molar-refractivity contribution in [1.82, 2.24) is 14.8 Å². The van der Waals surface area contributed by atoms with Crippen molar-refractivity contribution in [3.63, 3.8) is 0 Å². The Morgan fingerprint density at radius 2 is 2.26 bits per heavy atom. The number of rotatable bonds is 3. The minimum absolute atomic E-state index is 0.0480. The number of fused-ring (bicyclic) bond motifs is 3. The number of benzene rings is 1. The van der Waals surface area contributed by atoms with Crippen molar-refractivity contribution in [2.45, 2.75) is 13.0 Å². The van der Waals surface area contributed by atoms with E-state index in [9.17, 15) is 9.59 Å². The maximum atomic E-state index is 12.4. The second-order valence-electron chi connectivity index (χ2n) is 5.74. The van der Waals surface area contributed by atoms with Gasteiger partial charge < -0.3 is 14.8 Å². The highest BCUT2D eigenvalue weighted by Gasteiger charge is 2.25. The molecular formula is C17H18BrN3O2. The average molecular weight is 376 g/mol. The predicted molar refractivity (Wildman–Crippen MR) is 93.0 cm³/mol. The number of hydrogen-bond donors (Lipinski definition) is 1. The molecule has 0 saturated heterocycles. The van der Waals surface area contributed by atoms with Gasteiger partial charge in [0.1, 0.15) is 0 Å². The van der Waals surface area contributed by atoms with Crippen LogP contribution < -0.4 is 0 Å². The number of amides is 2. The SMILES string of the molecule is C=CC(=O)N(C)CC(=O)N1CCc2c([nH]c3ccc(Br)cc23)C1. The highest BCUT2D eigenvalue weighted by atomic mass is 79.9. The molecule has 1 aromatic carbocycles. The van der Waals surface area contributed by atoms with Crippen LogP contribution >= 0.6 is 15.9 Å². The van der Waals surface area contributed by atoms with Gasteiger partial charge in [-0.25, -0.2) is 0 Å². The lowest BCUT2D eigenvalue weighted by Gasteiger charge is -2.28. The zero-order valence-electron chi connectivity index (χ0n) is 12.9. The topological polar surface area (TPSA) is 56.4 Å². The van der Waals surface area contributed by atoms with E-state index in [1.54, 1.807) is 11.9 Å². The molecule has 0 aliphatic carbocycles. The Labute approximate surface area is 143 Å². The van der Waals surface area contributed by atoms with Crippen LogP contribution in [0, 0.1) is 0 Å². The number of likely N-dealkylation sites (N-methyl/N-ethyl adjacent to an activating group) is 1. The highest BCUT2D eigenvalue weighted by Crippen LogP contribution is 2.29. The molecule has 0 bridgehead atoms. The highest BCUT2D eigenvalue weighted by molar-refractivity contribution is 9.10. The first-order valence-corrected chi connectivity index (χ1v) is 8.23. The van der Waals surface area contributed by atoms with Crippen LogP contribution in [-0.2, 0) is 22.6 Å². The van der Waals surface area contributed by atoms with Crippen LogP contribution in [0.25, 0.3) is 10.9 Å². The van der Waals surface area contributed by atoms with Gasteiger partial charge in [-0.3, -0.25) is 9.59 Å². The van der Waals surface area contributed by atoms with Crippen LogP contribution in [0.5, 0.6) is 0 Å². The number of aromatic nitrogens is 1. The van der Waals surface area contributed by atoms with Gasteiger partial charge in [-0.05, 0) is 36.3 Å². The van der Waals surface area contributed by atoms with E-state index in [-0.39, 0.29) is 18.4 Å². The molecule has 0 unspecified atom stereocenters. The van der Waals surface area contributed by atoms with Crippen molar-refractivity contribution < 1.29 is 9.59 Å². The van der Waals surface area contributed by atoms with Gasteiger partial charge >= 0.3 is 0 Å². The molecule has 6 heteroatoms. The Balaban J connectivity index is 1.77. The third-order valence-corrected chi connectivity index (χ3v) is 4.71. The molecule has 0 saturated carbocycles. The molecule has 0 radical (unpaired) electrons. The lowest BCUT2D eigenvalue weighted by molar-refractivity contribution is -0.137. The summed E-state index contributed by atoms with van der Waals surface area (Å²) in [5, 5.41) is 1.21. The summed E-state index contributed by atoms with van der Waals surface area (Å²) in [6.07, 6.45) is 2.04. The first-order chi connectivity index (χ1) is 11.0. The number of aromatic amines is 1. The number of halogens is 1. The van der Waals surface area contributed by atoms with Crippen molar-refractivity contribution in [3.8, 4) is 0 Å². The maximum absolute atomic E-state index is 12.4. The molecule has 5 nitrogen and oxygen atoms in total. The van der Waals surface area contributed by atoms with Gasteiger partial charge in [-0.2, -0.15) is 0 Å². The van der Waals surface area contributed by atoms with E-state index in [0.29, 0.717) is 13.1 Å². The smallest absolute Gasteiger partial charge is 0.246 e. The van der Waals surface area contributed by atoms with Gasteiger partial charge in [-0.15, -0.1) is 0 Å². The van der Waals surface area contributed by atoms with Crippen LogP contribution in [0.4, 0.5) is 0 Å². The Kier molecular flexibility index (Phi) is 4.26. The molecule has 3 rings (SSSR count). The number of hydrogen-bond acceptors (Lipinski definition) is 2. The summed E-state index contributed by atoms with van der Waals surface area (Å²) in [5.41, 5.74) is 3.45. The predicted octanol–water partition coefficient (Wildman–Crippen LogP) is 2.46. The fraction of sp³-hybridized carbons (Fsp3) is 0.294. The van der Waals surface area contributed by atoms with E-state index >= 15 is 0 Å². The largest absolute Gasteiger partial charge is 0.357 e.